The SMILES string of the molecule is COc1cc(N/C([O-])=N/C2=C[NH+](CCc3ccccc3)NO2)cc(OC)c1OC. The van der Waals surface area contributed by atoms with Crippen molar-refractivity contribution in [2.45, 2.75) is 6.42 Å². The maximum absolute atomic E-state index is 12.3. The van der Waals surface area contributed by atoms with Gasteiger partial charge in [-0.3, -0.25) is 0 Å². The molecule has 0 bridgehead atoms. The van der Waals surface area contributed by atoms with Gasteiger partial charge in [0.1, 0.15) is 6.54 Å². The van der Waals surface area contributed by atoms with E-state index in [-0.39, 0.29) is 5.88 Å². The number of nitrogens with one attached hydrogen (secondary N) is 3. The van der Waals surface area contributed by atoms with E-state index in [1.165, 1.54) is 26.9 Å². The Morgan fingerprint density at radius 2 is 1.79 bits per heavy atom. The van der Waals surface area contributed by atoms with E-state index < -0.39 is 6.02 Å². The first kappa shape index (κ1) is 20.3. The quantitative estimate of drug-likeness (QED) is 0.430. The number of quaternary nitrogens is 1. The highest BCUT2D eigenvalue weighted by Gasteiger charge is 2.18. The van der Waals surface area contributed by atoms with Crippen LogP contribution >= 0.6 is 0 Å². The minimum atomic E-state index is -0.586. The Hall–Kier alpha value is -3.43. The Morgan fingerprint density at radius 1 is 1.10 bits per heavy atom. The van der Waals surface area contributed by atoms with Crippen molar-refractivity contribution >= 4 is 11.7 Å². The van der Waals surface area contributed by atoms with Gasteiger partial charge in [-0.25, -0.2) is 4.99 Å². The lowest BCUT2D eigenvalue weighted by Gasteiger charge is -2.17. The normalized spacial score (nSPS) is 16.0. The van der Waals surface area contributed by atoms with E-state index in [1.54, 1.807) is 18.3 Å². The molecule has 9 nitrogen and oxygen atoms in total. The Morgan fingerprint density at radius 3 is 2.41 bits per heavy atom. The van der Waals surface area contributed by atoms with Crippen molar-refractivity contribution < 1.29 is 29.2 Å². The Kier molecular flexibility index (Phi) is 6.77. The van der Waals surface area contributed by atoms with E-state index in [2.05, 4.69) is 28.0 Å². The fourth-order valence-electron chi connectivity index (χ4n) is 2.83. The third-order valence-electron chi connectivity index (χ3n) is 4.24. The molecule has 0 fully saturated rings. The molecule has 3 N–H and O–H groups in total. The van der Waals surface area contributed by atoms with Gasteiger partial charge in [0.05, 0.1) is 27.4 Å². The number of benzene rings is 2. The van der Waals surface area contributed by atoms with E-state index >= 15 is 0 Å². The number of amidine groups is 1. The zero-order valence-electron chi connectivity index (χ0n) is 16.5. The Labute approximate surface area is 169 Å². The minimum Gasteiger partial charge on any atom is -0.846 e. The summed E-state index contributed by atoms with van der Waals surface area (Å²) in [5.41, 5.74) is 4.47. The molecule has 2 aromatic carbocycles. The summed E-state index contributed by atoms with van der Waals surface area (Å²) in [6, 6.07) is 12.8. The van der Waals surface area contributed by atoms with E-state index in [0.29, 0.717) is 22.9 Å². The third kappa shape index (κ3) is 5.31. The van der Waals surface area contributed by atoms with Crippen LogP contribution in [0.5, 0.6) is 17.2 Å². The average Bonchev–Trinajstić information content (AvgIpc) is 3.19. The number of aliphatic imine (C=N–C) groups is 1. The van der Waals surface area contributed by atoms with Crippen molar-refractivity contribution in [1.82, 2.24) is 5.59 Å². The van der Waals surface area contributed by atoms with Crippen LogP contribution in [0.4, 0.5) is 5.69 Å². The predicted octanol–water partition coefficient (Wildman–Crippen LogP) is 0.217. The molecule has 1 aliphatic heterocycles. The van der Waals surface area contributed by atoms with Crippen LogP contribution in [0, 0.1) is 0 Å². The van der Waals surface area contributed by atoms with Crippen LogP contribution in [-0.2, 0) is 11.3 Å². The van der Waals surface area contributed by atoms with Crippen LogP contribution in [0.25, 0.3) is 0 Å². The standard InChI is InChI=1S/C20H24N4O5/c1-26-16-11-15(12-17(27-2)19(16)28-3)21-20(25)22-18-13-24(23-29-18)10-9-14-7-5-4-6-8-14/h4-8,11-13,23H,9-10H2,1-3H3,(H2,21,22,25). The van der Waals surface area contributed by atoms with Crippen molar-refractivity contribution in [2.75, 3.05) is 33.2 Å². The molecule has 1 aliphatic rings. The van der Waals surface area contributed by atoms with Gasteiger partial charge in [0.25, 0.3) is 5.88 Å². The van der Waals surface area contributed by atoms with Crippen molar-refractivity contribution in [3.05, 3.63) is 60.1 Å². The number of rotatable bonds is 8. The van der Waals surface area contributed by atoms with Gasteiger partial charge in [0.2, 0.25) is 5.75 Å². The van der Waals surface area contributed by atoms with Gasteiger partial charge in [0.15, 0.2) is 17.7 Å². The van der Waals surface area contributed by atoms with Crippen LogP contribution in [0.2, 0.25) is 0 Å². The van der Waals surface area contributed by atoms with Gasteiger partial charge in [-0.2, -0.15) is 5.01 Å². The average molecular weight is 400 g/mol. The first-order valence-electron chi connectivity index (χ1n) is 9.00. The van der Waals surface area contributed by atoms with Crippen LogP contribution in [0.3, 0.4) is 0 Å². The zero-order chi connectivity index (χ0) is 20.6. The summed E-state index contributed by atoms with van der Waals surface area (Å²) < 4.78 is 15.8. The van der Waals surface area contributed by atoms with Gasteiger partial charge in [-0.1, -0.05) is 30.3 Å². The lowest BCUT2D eigenvalue weighted by atomic mass is 10.1. The molecule has 0 radical (unpaired) electrons. The lowest BCUT2D eigenvalue weighted by molar-refractivity contribution is -0.911. The highest BCUT2D eigenvalue weighted by atomic mass is 16.7. The number of nitrogens with zero attached hydrogens (tertiary/aromatic N) is 1. The van der Waals surface area contributed by atoms with E-state index in [9.17, 15) is 5.11 Å². The maximum Gasteiger partial charge on any atom is 0.300 e. The highest BCUT2D eigenvalue weighted by Crippen LogP contribution is 2.39. The summed E-state index contributed by atoms with van der Waals surface area (Å²) in [6.45, 7) is 0.748. The molecule has 0 spiro atoms. The van der Waals surface area contributed by atoms with Gasteiger partial charge in [0, 0.05) is 29.8 Å². The largest absolute Gasteiger partial charge is 0.846 e. The van der Waals surface area contributed by atoms with E-state index in [1.807, 2.05) is 18.2 Å². The Bertz CT molecular complexity index is 861. The molecule has 1 heterocycles. The van der Waals surface area contributed by atoms with Crippen molar-refractivity contribution in [3.63, 3.8) is 0 Å². The number of anilines is 1. The van der Waals surface area contributed by atoms with Gasteiger partial charge >= 0.3 is 0 Å². The summed E-state index contributed by atoms with van der Waals surface area (Å²) in [5, 5.41) is 15.8. The molecule has 1 atom stereocenters. The Balaban J connectivity index is 1.64. The molecule has 3 rings (SSSR count). The van der Waals surface area contributed by atoms with E-state index in [0.717, 1.165) is 18.0 Å². The number of ether oxygens (including phenoxy) is 3. The van der Waals surface area contributed by atoms with Crippen molar-refractivity contribution in [2.24, 2.45) is 4.99 Å². The monoisotopic (exact) mass is 400 g/mol. The predicted molar refractivity (Wildman–Crippen MR) is 105 cm³/mol. The summed E-state index contributed by atoms with van der Waals surface area (Å²) >= 11 is 0. The number of methoxy groups -OCH3 is 3. The van der Waals surface area contributed by atoms with Crippen LogP contribution in [0.1, 0.15) is 5.56 Å². The second-order valence-electron chi connectivity index (χ2n) is 6.15. The second kappa shape index (κ2) is 9.67. The van der Waals surface area contributed by atoms with Crippen LogP contribution < -0.4 is 35.2 Å². The summed E-state index contributed by atoms with van der Waals surface area (Å²) in [4.78, 5) is 9.19. The smallest absolute Gasteiger partial charge is 0.300 e. The lowest BCUT2D eigenvalue weighted by Crippen LogP contribution is -3.13. The first-order chi connectivity index (χ1) is 14.1. The molecule has 29 heavy (non-hydrogen) atoms. The summed E-state index contributed by atoms with van der Waals surface area (Å²) in [5.74, 6) is 1.49. The second-order valence-corrected chi connectivity index (χ2v) is 6.15. The first-order valence-corrected chi connectivity index (χ1v) is 9.00. The van der Waals surface area contributed by atoms with Crippen LogP contribution in [0.15, 0.2) is 59.5 Å². The molecule has 1 unspecified atom stereocenters. The van der Waals surface area contributed by atoms with Crippen LogP contribution in [-0.4, -0.2) is 33.9 Å². The fourth-order valence-corrected chi connectivity index (χ4v) is 2.83. The van der Waals surface area contributed by atoms with Gasteiger partial charge in [-0.05, 0) is 5.56 Å². The number of hydrogen-bond donors (Lipinski definition) is 3. The number of hydrogen-bond acceptors (Lipinski definition) is 7. The molecular formula is C20H24N4O5. The molecule has 154 valence electrons. The molecule has 0 amide bonds. The molecule has 2 aromatic rings. The summed E-state index contributed by atoms with van der Waals surface area (Å²) in [7, 11) is 4.52. The third-order valence-corrected chi connectivity index (χ3v) is 4.24. The zero-order valence-corrected chi connectivity index (χ0v) is 16.5. The fraction of sp³-hybridized carbons (Fsp3) is 0.250. The molecule has 0 saturated carbocycles. The van der Waals surface area contributed by atoms with Gasteiger partial charge < -0.3 is 29.5 Å². The van der Waals surface area contributed by atoms with E-state index in [4.69, 9.17) is 19.0 Å². The molecular weight excluding hydrogens is 376 g/mol. The maximum atomic E-state index is 12.3. The molecule has 0 aromatic heterocycles. The summed E-state index contributed by atoms with van der Waals surface area (Å²) in [6.07, 6.45) is 2.56. The molecule has 0 aliphatic carbocycles. The van der Waals surface area contributed by atoms with Gasteiger partial charge in [-0.15, -0.1) is 0 Å². The topological polar surface area (TPSA) is 101 Å². The molecule has 0 saturated heterocycles. The minimum absolute atomic E-state index is 0.193. The van der Waals surface area contributed by atoms with Crippen molar-refractivity contribution in [3.8, 4) is 17.2 Å². The van der Waals surface area contributed by atoms with Crippen molar-refractivity contribution in [1.29, 1.82) is 0 Å². The highest BCUT2D eigenvalue weighted by molar-refractivity contribution is 5.87. The molecule has 9 heteroatoms.